The van der Waals surface area contributed by atoms with Gasteiger partial charge in [-0.15, -0.1) is 0 Å². The molecule has 21 heavy (non-hydrogen) atoms. The molecule has 0 aromatic heterocycles. The number of likely N-dealkylation sites (N-methyl/N-ethyl adjacent to an activating group) is 1. The minimum Gasteiger partial charge on any atom is -0.397 e. The lowest BCUT2D eigenvalue weighted by atomic mass is 10.1. The number of amides is 1. The molecule has 2 rings (SSSR count). The number of piperazine rings is 1. The van der Waals surface area contributed by atoms with Crippen molar-refractivity contribution in [3.8, 4) is 0 Å². The van der Waals surface area contributed by atoms with Crippen molar-refractivity contribution in [2.45, 2.75) is 19.8 Å². The van der Waals surface area contributed by atoms with E-state index in [0.29, 0.717) is 13.0 Å². The minimum absolute atomic E-state index is 0.0965. The van der Waals surface area contributed by atoms with E-state index in [1.807, 2.05) is 13.0 Å². The lowest BCUT2D eigenvalue weighted by Gasteiger charge is -2.34. The van der Waals surface area contributed by atoms with Crippen LogP contribution in [0.2, 0.25) is 0 Å². The SMILES string of the molecule is CCNC(=O)CCc1ccc(N2CCN(C)CC2)c(N)c1. The van der Waals surface area contributed by atoms with Crippen molar-refractivity contribution >= 4 is 17.3 Å². The zero-order chi connectivity index (χ0) is 15.2. The first-order valence-corrected chi connectivity index (χ1v) is 7.68. The Morgan fingerprint density at radius 2 is 2.00 bits per heavy atom. The van der Waals surface area contributed by atoms with Crippen molar-refractivity contribution in [2.75, 3.05) is 50.4 Å². The molecule has 116 valence electrons. The molecular weight excluding hydrogens is 264 g/mol. The van der Waals surface area contributed by atoms with Crippen LogP contribution in [0.15, 0.2) is 18.2 Å². The van der Waals surface area contributed by atoms with Crippen LogP contribution < -0.4 is 16.0 Å². The summed E-state index contributed by atoms with van der Waals surface area (Å²) in [5.74, 6) is 0.0965. The van der Waals surface area contributed by atoms with Gasteiger partial charge in [-0.05, 0) is 38.1 Å². The second kappa shape index (κ2) is 7.31. The zero-order valence-corrected chi connectivity index (χ0v) is 13.1. The maximum Gasteiger partial charge on any atom is 0.220 e. The molecule has 3 N–H and O–H groups in total. The number of nitrogens with one attached hydrogen (secondary N) is 1. The Kier molecular flexibility index (Phi) is 5.44. The van der Waals surface area contributed by atoms with Crippen LogP contribution in [0.3, 0.4) is 0 Å². The van der Waals surface area contributed by atoms with Crippen LogP contribution in [0.1, 0.15) is 18.9 Å². The third kappa shape index (κ3) is 4.36. The summed E-state index contributed by atoms with van der Waals surface area (Å²) >= 11 is 0. The molecule has 0 spiro atoms. The summed E-state index contributed by atoms with van der Waals surface area (Å²) < 4.78 is 0. The number of benzene rings is 1. The summed E-state index contributed by atoms with van der Waals surface area (Å²) in [7, 11) is 2.14. The molecule has 0 radical (unpaired) electrons. The van der Waals surface area contributed by atoms with Gasteiger partial charge in [0, 0.05) is 39.1 Å². The molecule has 5 heteroatoms. The molecule has 1 aliphatic heterocycles. The predicted octanol–water partition coefficient (Wildman–Crippen LogP) is 1.09. The van der Waals surface area contributed by atoms with Crippen molar-refractivity contribution < 1.29 is 4.79 Å². The molecule has 0 saturated carbocycles. The van der Waals surface area contributed by atoms with Gasteiger partial charge in [-0.3, -0.25) is 4.79 Å². The number of hydrogen-bond donors (Lipinski definition) is 2. The van der Waals surface area contributed by atoms with Crippen molar-refractivity contribution in [2.24, 2.45) is 0 Å². The van der Waals surface area contributed by atoms with E-state index in [4.69, 9.17) is 5.73 Å². The smallest absolute Gasteiger partial charge is 0.220 e. The molecule has 1 aliphatic rings. The van der Waals surface area contributed by atoms with Gasteiger partial charge in [0.25, 0.3) is 0 Å². The fourth-order valence-electron chi connectivity index (χ4n) is 2.64. The number of carbonyl (C=O) groups is 1. The minimum atomic E-state index is 0.0965. The van der Waals surface area contributed by atoms with Gasteiger partial charge >= 0.3 is 0 Å². The van der Waals surface area contributed by atoms with Gasteiger partial charge in [-0.25, -0.2) is 0 Å². The number of aryl methyl sites for hydroxylation is 1. The van der Waals surface area contributed by atoms with Gasteiger partial charge in [0.05, 0.1) is 11.4 Å². The fourth-order valence-corrected chi connectivity index (χ4v) is 2.64. The Bertz CT molecular complexity index is 481. The predicted molar refractivity (Wildman–Crippen MR) is 87.6 cm³/mol. The normalized spacial score (nSPS) is 16.0. The fraction of sp³-hybridized carbons (Fsp3) is 0.562. The van der Waals surface area contributed by atoms with E-state index >= 15 is 0 Å². The third-order valence-corrected chi connectivity index (χ3v) is 3.95. The first-order valence-electron chi connectivity index (χ1n) is 7.68. The zero-order valence-electron chi connectivity index (χ0n) is 13.1. The van der Waals surface area contributed by atoms with Gasteiger partial charge in [0.15, 0.2) is 0 Å². The van der Waals surface area contributed by atoms with E-state index in [2.05, 4.69) is 34.3 Å². The summed E-state index contributed by atoms with van der Waals surface area (Å²) in [6.07, 6.45) is 1.25. The molecule has 0 atom stereocenters. The molecule has 1 saturated heterocycles. The quantitative estimate of drug-likeness (QED) is 0.797. The first-order chi connectivity index (χ1) is 10.1. The van der Waals surface area contributed by atoms with Crippen LogP contribution in [0.5, 0.6) is 0 Å². The second-order valence-electron chi connectivity index (χ2n) is 5.64. The van der Waals surface area contributed by atoms with Crippen molar-refractivity contribution in [3.63, 3.8) is 0 Å². The summed E-state index contributed by atoms with van der Waals surface area (Å²) in [6, 6.07) is 6.18. The Labute approximate surface area is 127 Å². The Hall–Kier alpha value is -1.75. The molecule has 1 aromatic rings. The summed E-state index contributed by atoms with van der Waals surface area (Å²) in [5.41, 5.74) is 9.25. The monoisotopic (exact) mass is 290 g/mol. The van der Waals surface area contributed by atoms with Crippen LogP contribution in [0.4, 0.5) is 11.4 Å². The van der Waals surface area contributed by atoms with E-state index in [0.717, 1.165) is 49.5 Å². The van der Waals surface area contributed by atoms with Crippen molar-refractivity contribution in [1.82, 2.24) is 10.2 Å². The van der Waals surface area contributed by atoms with Gasteiger partial charge in [0.1, 0.15) is 0 Å². The highest BCUT2D eigenvalue weighted by atomic mass is 16.1. The maximum absolute atomic E-state index is 11.5. The molecule has 0 unspecified atom stereocenters. The number of carbonyl (C=O) groups excluding carboxylic acids is 1. The topological polar surface area (TPSA) is 61.6 Å². The highest BCUT2D eigenvalue weighted by Gasteiger charge is 2.16. The van der Waals surface area contributed by atoms with Crippen LogP contribution in [-0.2, 0) is 11.2 Å². The van der Waals surface area contributed by atoms with Gasteiger partial charge < -0.3 is 20.9 Å². The third-order valence-electron chi connectivity index (χ3n) is 3.95. The standard InChI is InChI=1S/C16H26N4O/c1-3-18-16(21)7-5-13-4-6-15(14(17)12-13)20-10-8-19(2)9-11-20/h4,6,12H,3,5,7-11,17H2,1-2H3,(H,18,21). The molecule has 5 nitrogen and oxygen atoms in total. The van der Waals surface area contributed by atoms with Crippen LogP contribution in [0.25, 0.3) is 0 Å². The van der Waals surface area contributed by atoms with Gasteiger partial charge in [-0.2, -0.15) is 0 Å². The Morgan fingerprint density at radius 3 is 2.62 bits per heavy atom. The van der Waals surface area contributed by atoms with E-state index in [1.165, 1.54) is 0 Å². The van der Waals surface area contributed by atoms with Gasteiger partial charge in [0.2, 0.25) is 5.91 Å². The molecule has 1 heterocycles. The lowest BCUT2D eigenvalue weighted by Crippen LogP contribution is -2.44. The number of nitrogens with zero attached hydrogens (tertiary/aromatic N) is 2. The highest BCUT2D eigenvalue weighted by Crippen LogP contribution is 2.25. The van der Waals surface area contributed by atoms with Crippen molar-refractivity contribution in [3.05, 3.63) is 23.8 Å². The van der Waals surface area contributed by atoms with E-state index < -0.39 is 0 Å². The number of anilines is 2. The van der Waals surface area contributed by atoms with Crippen LogP contribution in [0, 0.1) is 0 Å². The van der Waals surface area contributed by atoms with Crippen LogP contribution in [-0.4, -0.2) is 50.6 Å². The number of nitrogens with two attached hydrogens (primary N) is 1. The lowest BCUT2D eigenvalue weighted by molar-refractivity contribution is -0.120. The van der Waals surface area contributed by atoms with Gasteiger partial charge in [-0.1, -0.05) is 6.07 Å². The average molecular weight is 290 g/mol. The van der Waals surface area contributed by atoms with Crippen molar-refractivity contribution in [1.29, 1.82) is 0 Å². The second-order valence-corrected chi connectivity index (χ2v) is 5.64. The number of hydrogen-bond acceptors (Lipinski definition) is 4. The Balaban J connectivity index is 1.95. The summed E-state index contributed by atoms with van der Waals surface area (Å²) in [5, 5.41) is 2.81. The molecule has 1 amide bonds. The molecule has 1 fully saturated rings. The summed E-state index contributed by atoms with van der Waals surface area (Å²) in [6.45, 7) is 6.78. The highest BCUT2D eigenvalue weighted by molar-refractivity contribution is 5.76. The molecule has 0 bridgehead atoms. The number of nitrogen functional groups attached to an aromatic ring is 1. The van der Waals surface area contributed by atoms with E-state index in [1.54, 1.807) is 0 Å². The number of rotatable bonds is 5. The average Bonchev–Trinajstić information content (AvgIpc) is 2.47. The maximum atomic E-state index is 11.5. The molecule has 1 aromatic carbocycles. The van der Waals surface area contributed by atoms with Crippen LogP contribution >= 0.6 is 0 Å². The van der Waals surface area contributed by atoms with E-state index in [-0.39, 0.29) is 5.91 Å². The first kappa shape index (κ1) is 15.6. The Morgan fingerprint density at radius 1 is 1.29 bits per heavy atom. The molecular formula is C16H26N4O. The molecule has 0 aliphatic carbocycles. The van der Waals surface area contributed by atoms with E-state index in [9.17, 15) is 4.79 Å². The summed E-state index contributed by atoms with van der Waals surface area (Å²) in [4.78, 5) is 16.2. The largest absolute Gasteiger partial charge is 0.397 e.